The van der Waals surface area contributed by atoms with E-state index in [1.807, 2.05) is 0 Å². The molecule has 0 spiro atoms. The van der Waals surface area contributed by atoms with Gasteiger partial charge in [-0.05, 0) is 42.5 Å². The molecule has 0 saturated carbocycles. The van der Waals surface area contributed by atoms with Crippen molar-refractivity contribution in [2.45, 2.75) is 4.90 Å². The van der Waals surface area contributed by atoms with Crippen molar-refractivity contribution < 1.29 is 9.00 Å². The highest BCUT2D eigenvalue weighted by Gasteiger charge is 2.11. The molecule has 0 aliphatic carbocycles. The lowest BCUT2D eigenvalue weighted by atomic mass is 10.2. The molecule has 0 fully saturated rings. The predicted molar refractivity (Wildman–Crippen MR) is 89.9 cm³/mol. The predicted octanol–water partition coefficient (Wildman–Crippen LogP) is 3.43. The van der Waals surface area contributed by atoms with Crippen LogP contribution in [0, 0.1) is 0 Å². The van der Waals surface area contributed by atoms with E-state index in [-0.39, 0.29) is 11.7 Å². The molecule has 2 aromatic carbocycles. The van der Waals surface area contributed by atoms with E-state index in [9.17, 15) is 9.00 Å². The fraction of sp³-hybridized carbons (Fsp3) is 0.0714. The first-order valence-electron chi connectivity index (χ1n) is 5.94. The number of halogens is 2. The van der Waals surface area contributed by atoms with E-state index in [1.54, 1.807) is 42.5 Å². The third kappa shape index (κ3) is 4.56. The molecule has 0 heterocycles. The molecule has 1 unspecified atom stereocenters. The van der Waals surface area contributed by atoms with Gasteiger partial charge in [-0.3, -0.25) is 9.00 Å². The largest absolute Gasteiger partial charge is 0.397 e. The van der Waals surface area contributed by atoms with E-state index in [2.05, 4.69) is 21.2 Å². The first-order chi connectivity index (χ1) is 9.95. The van der Waals surface area contributed by atoms with Crippen LogP contribution in [0.15, 0.2) is 51.8 Å². The van der Waals surface area contributed by atoms with Crippen LogP contribution in [0.2, 0.25) is 5.02 Å². The van der Waals surface area contributed by atoms with Gasteiger partial charge in [-0.15, -0.1) is 0 Å². The second-order valence-electron chi connectivity index (χ2n) is 4.22. The molecule has 0 radical (unpaired) electrons. The molecule has 0 saturated heterocycles. The molecular weight excluding hydrogens is 376 g/mol. The van der Waals surface area contributed by atoms with Crippen LogP contribution in [0.1, 0.15) is 0 Å². The number of nitrogen functional groups attached to an aromatic ring is 1. The fourth-order valence-electron chi connectivity index (χ4n) is 1.62. The van der Waals surface area contributed by atoms with Crippen molar-refractivity contribution in [3.8, 4) is 0 Å². The molecule has 0 aromatic heterocycles. The number of hydrogen-bond acceptors (Lipinski definition) is 3. The van der Waals surface area contributed by atoms with Crippen molar-refractivity contribution in [3.05, 3.63) is 52.0 Å². The fourth-order valence-corrected chi connectivity index (χ4v) is 2.98. The Bertz CT molecular complexity index is 692. The lowest BCUT2D eigenvalue weighted by Crippen LogP contribution is -2.20. The Labute approximate surface area is 138 Å². The molecule has 3 N–H and O–H groups in total. The number of hydrogen-bond donors (Lipinski definition) is 2. The summed E-state index contributed by atoms with van der Waals surface area (Å²) < 4.78 is 13.0. The molecule has 2 aromatic rings. The summed E-state index contributed by atoms with van der Waals surface area (Å²) >= 11 is 9.09. The molecule has 1 amide bonds. The molecule has 0 aliphatic rings. The second kappa shape index (κ2) is 7.06. The number of nitrogens with two attached hydrogens (primary N) is 1. The summed E-state index contributed by atoms with van der Waals surface area (Å²) in [6.45, 7) is 0. The first-order valence-corrected chi connectivity index (χ1v) is 8.43. The average Bonchev–Trinajstić information content (AvgIpc) is 2.42. The Balaban J connectivity index is 2.01. The number of benzene rings is 2. The summed E-state index contributed by atoms with van der Waals surface area (Å²) in [5.74, 6) is -0.505. The van der Waals surface area contributed by atoms with Crippen molar-refractivity contribution in [2.75, 3.05) is 16.8 Å². The van der Waals surface area contributed by atoms with Crippen molar-refractivity contribution in [2.24, 2.45) is 0 Å². The second-order valence-corrected chi connectivity index (χ2v) is 7.03. The minimum atomic E-state index is -1.41. The number of carbonyl (C=O) groups excluding carboxylic acids is 1. The number of nitrogens with one attached hydrogen (secondary N) is 1. The maximum Gasteiger partial charge on any atom is 0.237 e. The highest BCUT2D eigenvalue weighted by molar-refractivity contribution is 9.10. The molecule has 7 heteroatoms. The van der Waals surface area contributed by atoms with E-state index >= 15 is 0 Å². The minimum Gasteiger partial charge on any atom is -0.397 e. The molecule has 4 nitrogen and oxygen atoms in total. The van der Waals surface area contributed by atoms with Crippen molar-refractivity contribution in [3.63, 3.8) is 0 Å². The van der Waals surface area contributed by atoms with Gasteiger partial charge in [0, 0.05) is 14.4 Å². The Morgan fingerprint density at radius 2 is 1.90 bits per heavy atom. The number of rotatable bonds is 4. The van der Waals surface area contributed by atoms with Crippen LogP contribution in [-0.4, -0.2) is 15.9 Å². The summed E-state index contributed by atoms with van der Waals surface area (Å²) in [7, 11) is -1.41. The highest BCUT2D eigenvalue weighted by atomic mass is 79.9. The first kappa shape index (κ1) is 16.0. The summed E-state index contributed by atoms with van der Waals surface area (Å²) in [5, 5.41) is 3.11. The molecule has 21 heavy (non-hydrogen) atoms. The zero-order valence-corrected chi connectivity index (χ0v) is 14.0. The number of anilines is 2. The van der Waals surface area contributed by atoms with E-state index in [0.717, 1.165) is 4.47 Å². The van der Waals surface area contributed by atoms with Gasteiger partial charge in [-0.25, -0.2) is 0 Å². The molecule has 0 aliphatic heterocycles. The quantitative estimate of drug-likeness (QED) is 0.789. The lowest BCUT2D eigenvalue weighted by molar-refractivity contribution is -0.113. The van der Waals surface area contributed by atoms with Gasteiger partial charge in [0.15, 0.2) is 0 Å². The highest BCUT2D eigenvalue weighted by Crippen LogP contribution is 2.22. The molecule has 0 bridgehead atoms. The Morgan fingerprint density at radius 3 is 2.52 bits per heavy atom. The smallest absolute Gasteiger partial charge is 0.237 e. The summed E-state index contributed by atoms with van der Waals surface area (Å²) in [4.78, 5) is 12.5. The van der Waals surface area contributed by atoms with Gasteiger partial charge in [0.1, 0.15) is 5.75 Å². The zero-order chi connectivity index (χ0) is 15.4. The SMILES string of the molecule is Nc1cc(Cl)ccc1NC(=O)CS(=O)c1ccc(Br)cc1. The molecule has 2 rings (SSSR count). The maximum atomic E-state index is 12.1. The van der Waals surface area contributed by atoms with E-state index in [1.165, 1.54) is 0 Å². The molecule has 1 atom stereocenters. The molecule has 110 valence electrons. The van der Waals surface area contributed by atoms with Crippen LogP contribution in [0.3, 0.4) is 0 Å². The van der Waals surface area contributed by atoms with Gasteiger partial charge in [0.2, 0.25) is 5.91 Å². The van der Waals surface area contributed by atoms with Gasteiger partial charge in [0.05, 0.1) is 22.2 Å². The van der Waals surface area contributed by atoms with Gasteiger partial charge >= 0.3 is 0 Å². The van der Waals surface area contributed by atoms with Crippen molar-refractivity contribution in [1.29, 1.82) is 0 Å². The molecular formula is C14H12BrClN2O2S. The maximum absolute atomic E-state index is 12.1. The third-order valence-corrected chi connectivity index (χ3v) is 4.71. The van der Waals surface area contributed by atoms with Gasteiger partial charge in [0.25, 0.3) is 0 Å². The lowest BCUT2D eigenvalue weighted by Gasteiger charge is -2.08. The Kier molecular flexibility index (Phi) is 5.39. The van der Waals surface area contributed by atoms with Crippen LogP contribution in [0.25, 0.3) is 0 Å². The third-order valence-electron chi connectivity index (χ3n) is 2.63. The summed E-state index contributed by atoms with van der Waals surface area (Å²) in [6, 6.07) is 11.8. The van der Waals surface area contributed by atoms with Crippen LogP contribution < -0.4 is 11.1 Å². The van der Waals surface area contributed by atoms with Crippen LogP contribution in [0.5, 0.6) is 0 Å². The summed E-state index contributed by atoms with van der Waals surface area (Å²) in [5.41, 5.74) is 6.57. The summed E-state index contributed by atoms with van der Waals surface area (Å²) in [6.07, 6.45) is 0. The van der Waals surface area contributed by atoms with E-state index in [0.29, 0.717) is 21.3 Å². The Hall–Kier alpha value is -1.37. The van der Waals surface area contributed by atoms with Crippen molar-refractivity contribution in [1.82, 2.24) is 0 Å². The van der Waals surface area contributed by atoms with Gasteiger partial charge in [-0.2, -0.15) is 0 Å². The Morgan fingerprint density at radius 1 is 1.24 bits per heavy atom. The number of carbonyl (C=O) groups is 1. The van der Waals surface area contributed by atoms with E-state index in [4.69, 9.17) is 17.3 Å². The topological polar surface area (TPSA) is 72.2 Å². The average molecular weight is 388 g/mol. The van der Waals surface area contributed by atoms with Crippen molar-refractivity contribution >= 4 is 55.6 Å². The zero-order valence-electron chi connectivity index (χ0n) is 10.8. The number of amides is 1. The van der Waals surface area contributed by atoms with Crippen LogP contribution in [-0.2, 0) is 15.6 Å². The van der Waals surface area contributed by atoms with E-state index < -0.39 is 10.8 Å². The standard InChI is InChI=1S/C14H12BrClN2O2S/c15-9-1-4-11(5-2-9)21(20)8-14(19)18-13-6-3-10(16)7-12(13)17/h1-7H,8,17H2,(H,18,19). The van der Waals surface area contributed by atoms with Crippen LogP contribution >= 0.6 is 27.5 Å². The monoisotopic (exact) mass is 386 g/mol. The van der Waals surface area contributed by atoms with Gasteiger partial charge in [-0.1, -0.05) is 27.5 Å². The normalized spacial score (nSPS) is 11.9. The van der Waals surface area contributed by atoms with Gasteiger partial charge < -0.3 is 11.1 Å². The van der Waals surface area contributed by atoms with Crippen LogP contribution in [0.4, 0.5) is 11.4 Å². The minimum absolute atomic E-state index is 0.135.